The Morgan fingerprint density at radius 1 is 1.79 bits per heavy atom. The van der Waals surface area contributed by atoms with Gasteiger partial charge in [0.1, 0.15) is 5.82 Å². The molecule has 14 heavy (non-hydrogen) atoms. The van der Waals surface area contributed by atoms with E-state index in [1.807, 2.05) is 0 Å². The Hall–Kier alpha value is -1.52. The molecule has 76 valence electrons. The third-order valence-electron chi connectivity index (χ3n) is 2.59. The first-order chi connectivity index (χ1) is 6.68. The van der Waals surface area contributed by atoms with Crippen molar-refractivity contribution in [3.8, 4) is 0 Å². The topological polar surface area (TPSA) is 69.2 Å². The number of nitrogens with zero attached hydrogens (tertiary/aromatic N) is 2. The van der Waals surface area contributed by atoms with Gasteiger partial charge in [-0.15, -0.1) is 0 Å². The maximum Gasteiger partial charge on any atom is 0.407 e. The first kappa shape index (κ1) is 9.05. The first-order valence-corrected chi connectivity index (χ1v) is 4.67. The van der Waals surface area contributed by atoms with Crippen LogP contribution in [0, 0.1) is 5.92 Å². The standard InChI is InChI=1S/C9H13N3O2/c1-6-4-7(8-10-2-3-11-8)12(5-6)9(13)14/h2-3,6-7H,4-5H2,1H3,(H,10,11)(H,13,14). The lowest BCUT2D eigenvalue weighted by Crippen LogP contribution is -2.29. The van der Waals surface area contributed by atoms with Crippen LogP contribution >= 0.6 is 0 Å². The van der Waals surface area contributed by atoms with E-state index in [-0.39, 0.29) is 6.04 Å². The smallest absolute Gasteiger partial charge is 0.407 e. The molecule has 5 nitrogen and oxygen atoms in total. The molecule has 0 aromatic carbocycles. The normalized spacial score (nSPS) is 26.8. The summed E-state index contributed by atoms with van der Waals surface area (Å²) in [6.07, 6.45) is 3.35. The molecule has 1 saturated heterocycles. The molecule has 2 atom stereocenters. The van der Waals surface area contributed by atoms with Gasteiger partial charge in [-0.1, -0.05) is 6.92 Å². The summed E-state index contributed by atoms with van der Waals surface area (Å²) >= 11 is 0. The van der Waals surface area contributed by atoms with Gasteiger partial charge >= 0.3 is 6.09 Å². The van der Waals surface area contributed by atoms with Gasteiger partial charge in [0.15, 0.2) is 0 Å². The molecule has 5 heteroatoms. The molecule has 0 spiro atoms. The zero-order valence-electron chi connectivity index (χ0n) is 7.97. The molecule has 0 aliphatic carbocycles. The van der Waals surface area contributed by atoms with Gasteiger partial charge in [0.25, 0.3) is 0 Å². The van der Waals surface area contributed by atoms with E-state index in [1.54, 1.807) is 12.4 Å². The monoisotopic (exact) mass is 195 g/mol. The van der Waals surface area contributed by atoms with Gasteiger partial charge in [-0.2, -0.15) is 0 Å². The Morgan fingerprint density at radius 2 is 2.57 bits per heavy atom. The third kappa shape index (κ3) is 1.45. The molecular weight excluding hydrogens is 182 g/mol. The molecule has 2 heterocycles. The van der Waals surface area contributed by atoms with Crippen molar-refractivity contribution in [2.24, 2.45) is 5.92 Å². The minimum atomic E-state index is -0.865. The first-order valence-electron chi connectivity index (χ1n) is 4.67. The van der Waals surface area contributed by atoms with Crippen LogP contribution in [-0.4, -0.2) is 32.6 Å². The molecule has 0 radical (unpaired) electrons. The lowest BCUT2D eigenvalue weighted by molar-refractivity contribution is 0.138. The van der Waals surface area contributed by atoms with Crippen molar-refractivity contribution in [3.05, 3.63) is 18.2 Å². The zero-order chi connectivity index (χ0) is 10.1. The average Bonchev–Trinajstić information content (AvgIpc) is 2.70. The van der Waals surface area contributed by atoms with Crippen molar-refractivity contribution in [3.63, 3.8) is 0 Å². The molecule has 2 unspecified atom stereocenters. The van der Waals surface area contributed by atoms with Crippen LogP contribution in [0.15, 0.2) is 12.4 Å². The van der Waals surface area contributed by atoms with Crippen molar-refractivity contribution in [1.82, 2.24) is 14.9 Å². The molecule has 1 aliphatic rings. The summed E-state index contributed by atoms with van der Waals surface area (Å²) in [5.74, 6) is 1.15. The van der Waals surface area contributed by atoms with Gasteiger partial charge in [0.2, 0.25) is 0 Å². The minimum absolute atomic E-state index is 0.0995. The number of carboxylic acid groups (broad SMARTS) is 1. The number of aromatic amines is 1. The second-order valence-corrected chi connectivity index (χ2v) is 3.77. The predicted molar refractivity (Wildman–Crippen MR) is 49.8 cm³/mol. The summed E-state index contributed by atoms with van der Waals surface area (Å²) in [6, 6.07) is -0.0995. The van der Waals surface area contributed by atoms with Crippen LogP contribution in [0.1, 0.15) is 25.2 Å². The Labute approximate surface area is 81.8 Å². The maximum absolute atomic E-state index is 10.9. The number of aromatic nitrogens is 2. The summed E-state index contributed by atoms with van der Waals surface area (Å²) in [4.78, 5) is 19.5. The van der Waals surface area contributed by atoms with Crippen LogP contribution < -0.4 is 0 Å². The largest absolute Gasteiger partial charge is 0.465 e. The number of likely N-dealkylation sites (tertiary alicyclic amines) is 1. The summed E-state index contributed by atoms with van der Waals surface area (Å²) < 4.78 is 0. The van der Waals surface area contributed by atoms with Gasteiger partial charge in [0.05, 0.1) is 6.04 Å². The SMILES string of the molecule is CC1CC(c2ncc[nH]2)N(C(=O)O)C1. The van der Waals surface area contributed by atoms with Gasteiger partial charge < -0.3 is 10.1 Å². The third-order valence-corrected chi connectivity index (χ3v) is 2.59. The van der Waals surface area contributed by atoms with E-state index >= 15 is 0 Å². The van der Waals surface area contributed by atoms with Gasteiger partial charge in [0, 0.05) is 18.9 Å². The minimum Gasteiger partial charge on any atom is -0.465 e. The van der Waals surface area contributed by atoms with Crippen LogP contribution in [-0.2, 0) is 0 Å². The number of amides is 1. The van der Waals surface area contributed by atoms with Crippen molar-refractivity contribution in [2.75, 3.05) is 6.54 Å². The van der Waals surface area contributed by atoms with E-state index in [4.69, 9.17) is 5.11 Å². The average molecular weight is 195 g/mol. The summed E-state index contributed by atoms with van der Waals surface area (Å²) in [7, 11) is 0. The number of rotatable bonds is 1. The summed E-state index contributed by atoms with van der Waals surface area (Å²) in [5, 5.41) is 8.98. The molecule has 2 N–H and O–H groups in total. The molecule has 1 aliphatic heterocycles. The maximum atomic E-state index is 10.9. The van der Waals surface area contributed by atoms with Gasteiger partial charge in [-0.25, -0.2) is 9.78 Å². The number of imidazole rings is 1. The highest BCUT2D eigenvalue weighted by atomic mass is 16.4. The number of nitrogens with one attached hydrogen (secondary N) is 1. The van der Waals surface area contributed by atoms with E-state index in [2.05, 4.69) is 16.9 Å². The van der Waals surface area contributed by atoms with Crippen molar-refractivity contribution >= 4 is 6.09 Å². The fourth-order valence-corrected chi connectivity index (χ4v) is 1.98. The fourth-order valence-electron chi connectivity index (χ4n) is 1.98. The van der Waals surface area contributed by atoms with E-state index < -0.39 is 6.09 Å². The predicted octanol–water partition coefficient (Wildman–Crippen LogP) is 1.47. The van der Waals surface area contributed by atoms with Gasteiger partial charge in [-0.05, 0) is 12.3 Å². The Balaban J connectivity index is 2.21. The van der Waals surface area contributed by atoms with Crippen LogP contribution in [0.25, 0.3) is 0 Å². The van der Waals surface area contributed by atoms with Crippen molar-refractivity contribution in [2.45, 2.75) is 19.4 Å². The lowest BCUT2D eigenvalue weighted by Gasteiger charge is -2.19. The molecule has 1 amide bonds. The van der Waals surface area contributed by atoms with Crippen molar-refractivity contribution < 1.29 is 9.90 Å². The summed E-state index contributed by atoms with van der Waals surface area (Å²) in [5.41, 5.74) is 0. The molecule has 0 bridgehead atoms. The fraction of sp³-hybridized carbons (Fsp3) is 0.556. The highest BCUT2D eigenvalue weighted by molar-refractivity contribution is 5.66. The van der Waals surface area contributed by atoms with E-state index in [0.717, 1.165) is 12.2 Å². The Kier molecular flexibility index (Phi) is 2.15. The van der Waals surface area contributed by atoms with Gasteiger partial charge in [-0.3, -0.25) is 4.90 Å². The van der Waals surface area contributed by atoms with Crippen LogP contribution in [0.3, 0.4) is 0 Å². The zero-order valence-corrected chi connectivity index (χ0v) is 7.97. The Morgan fingerprint density at radius 3 is 3.14 bits per heavy atom. The molecule has 1 aromatic heterocycles. The van der Waals surface area contributed by atoms with E-state index in [0.29, 0.717) is 12.5 Å². The van der Waals surface area contributed by atoms with E-state index in [9.17, 15) is 4.79 Å². The highest BCUT2D eigenvalue weighted by Crippen LogP contribution is 2.33. The molecular formula is C9H13N3O2. The lowest BCUT2D eigenvalue weighted by atomic mass is 10.1. The van der Waals surface area contributed by atoms with Crippen LogP contribution in [0.4, 0.5) is 4.79 Å². The highest BCUT2D eigenvalue weighted by Gasteiger charge is 2.35. The number of hydrogen-bond donors (Lipinski definition) is 2. The number of hydrogen-bond acceptors (Lipinski definition) is 2. The molecule has 2 rings (SSSR count). The van der Waals surface area contributed by atoms with Crippen molar-refractivity contribution in [1.29, 1.82) is 0 Å². The number of H-pyrrole nitrogens is 1. The second-order valence-electron chi connectivity index (χ2n) is 3.77. The molecule has 1 aromatic rings. The molecule has 0 saturated carbocycles. The quantitative estimate of drug-likeness (QED) is 0.713. The number of carbonyl (C=O) groups is 1. The van der Waals surface area contributed by atoms with Crippen LogP contribution in [0.5, 0.6) is 0 Å². The molecule has 1 fully saturated rings. The van der Waals surface area contributed by atoms with E-state index in [1.165, 1.54) is 4.90 Å². The summed E-state index contributed by atoms with van der Waals surface area (Å²) in [6.45, 7) is 2.65. The Bertz CT molecular complexity index is 323. The van der Waals surface area contributed by atoms with Crippen LogP contribution in [0.2, 0.25) is 0 Å². The second kappa shape index (κ2) is 3.32.